The highest BCUT2D eigenvalue weighted by Gasteiger charge is 2.22. The fourth-order valence-electron chi connectivity index (χ4n) is 1.53. The van der Waals surface area contributed by atoms with E-state index < -0.39 is 0 Å². The lowest BCUT2D eigenvalue weighted by Gasteiger charge is -2.19. The van der Waals surface area contributed by atoms with Gasteiger partial charge in [-0.2, -0.15) is 0 Å². The van der Waals surface area contributed by atoms with Crippen LogP contribution in [0.2, 0.25) is 0 Å². The van der Waals surface area contributed by atoms with Crippen molar-refractivity contribution in [1.29, 1.82) is 0 Å². The third-order valence-corrected chi connectivity index (χ3v) is 2.49. The molecule has 0 unspecified atom stereocenters. The highest BCUT2D eigenvalue weighted by molar-refractivity contribution is 5.75. The predicted molar refractivity (Wildman–Crippen MR) is 62.1 cm³/mol. The first-order chi connectivity index (χ1) is 8.08. The maximum absolute atomic E-state index is 11.5. The second-order valence-corrected chi connectivity index (χ2v) is 4.15. The van der Waals surface area contributed by atoms with Crippen LogP contribution in [0.1, 0.15) is 25.4 Å². The van der Waals surface area contributed by atoms with Gasteiger partial charge < -0.3 is 14.3 Å². The van der Waals surface area contributed by atoms with E-state index in [4.69, 9.17) is 14.3 Å². The number of carbonyl (C=O) groups excluding carboxylic acids is 1. The average Bonchev–Trinajstić information content (AvgIpc) is 2.76. The van der Waals surface area contributed by atoms with E-state index in [0.29, 0.717) is 18.1 Å². The van der Waals surface area contributed by atoms with Gasteiger partial charge in [-0.05, 0) is 18.1 Å². The van der Waals surface area contributed by atoms with Gasteiger partial charge in [-0.1, -0.05) is 13.8 Å². The topological polar surface area (TPSA) is 71.7 Å². The van der Waals surface area contributed by atoms with Crippen LogP contribution >= 0.6 is 0 Å². The van der Waals surface area contributed by atoms with E-state index >= 15 is 0 Å². The summed E-state index contributed by atoms with van der Waals surface area (Å²) >= 11 is 0. The number of furan rings is 1. The number of rotatable bonds is 6. The fourth-order valence-corrected chi connectivity index (χ4v) is 1.53. The second kappa shape index (κ2) is 6.42. The average molecular weight is 241 g/mol. The minimum absolute atomic E-state index is 0.120. The lowest BCUT2D eigenvalue weighted by molar-refractivity contribution is -0.144. The fraction of sp³-hybridized carbons (Fsp3) is 0.583. The third kappa shape index (κ3) is 3.87. The minimum Gasteiger partial charge on any atom is -0.468 e. The van der Waals surface area contributed by atoms with Crippen LogP contribution in [0.3, 0.4) is 0 Å². The quantitative estimate of drug-likeness (QED) is 0.729. The van der Waals surface area contributed by atoms with Gasteiger partial charge >= 0.3 is 5.97 Å². The molecule has 2 N–H and O–H groups in total. The monoisotopic (exact) mass is 241 g/mol. The summed E-state index contributed by atoms with van der Waals surface area (Å²) in [5, 5.41) is 11.9. The molecule has 0 saturated carbocycles. The number of aliphatic hydroxyl groups is 1. The molecule has 0 aliphatic rings. The Bertz CT molecular complexity index is 359. The summed E-state index contributed by atoms with van der Waals surface area (Å²) in [4.78, 5) is 11.5. The Balaban J connectivity index is 2.54. The molecule has 1 atom stereocenters. The number of esters is 1. The number of hydrogen-bond donors (Lipinski definition) is 2. The molecule has 1 aromatic rings. The van der Waals surface area contributed by atoms with E-state index in [2.05, 4.69) is 5.32 Å². The van der Waals surface area contributed by atoms with Crippen LogP contribution in [0.15, 0.2) is 16.5 Å². The molecule has 0 radical (unpaired) electrons. The van der Waals surface area contributed by atoms with Gasteiger partial charge in [-0.25, -0.2) is 0 Å². The third-order valence-electron chi connectivity index (χ3n) is 2.49. The Morgan fingerprint density at radius 2 is 2.12 bits per heavy atom. The number of aliphatic hydroxyl groups excluding tert-OH is 1. The van der Waals surface area contributed by atoms with Gasteiger partial charge in [-0.15, -0.1) is 0 Å². The van der Waals surface area contributed by atoms with Crippen molar-refractivity contribution in [3.8, 4) is 0 Å². The van der Waals surface area contributed by atoms with Crippen LogP contribution in [0.25, 0.3) is 0 Å². The molecule has 0 amide bonds. The van der Waals surface area contributed by atoms with Crippen LogP contribution in [0.4, 0.5) is 0 Å². The number of ether oxygens (including phenoxy) is 1. The van der Waals surface area contributed by atoms with E-state index in [1.54, 1.807) is 12.1 Å². The Hall–Kier alpha value is -1.33. The summed E-state index contributed by atoms with van der Waals surface area (Å²) < 4.78 is 10.0. The maximum atomic E-state index is 11.5. The summed E-state index contributed by atoms with van der Waals surface area (Å²) in [7, 11) is 1.37. The summed E-state index contributed by atoms with van der Waals surface area (Å²) in [6.45, 7) is 4.19. The van der Waals surface area contributed by atoms with Gasteiger partial charge in [0, 0.05) is 0 Å². The van der Waals surface area contributed by atoms with Crippen LogP contribution in [-0.2, 0) is 22.7 Å². The number of carbonyl (C=O) groups is 1. The van der Waals surface area contributed by atoms with E-state index in [1.165, 1.54) is 7.11 Å². The Morgan fingerprint density at radius 1 is 1.47 bits per heavy atom. The predicted octanol–water partition coefficient (Wildman–Crippen LogP) is 1.06. The summed E-state index contributed by atoms with van der Waals surface area (Å²) in [6, 6.07) is 3.12. The largest absolute Gasteiger partial charge is 0.468 e. The molecule has 5 heteroatoms. The van der Waals surface area contributed by atoms with Gasteiger partial charge in [0.1, 0.15) is 24.2 Å². The van der Waals surface area contributed by atoms with E-state index in [0.717, 1.165) is 0 Å². The second-order valence-electron chi connectivity index (χ2n) is 4.15. The van der Waals surface area contributed by atoms with Gasteiger partial charge in [0.25, 0.3) is 0 Å². The lowest BCUT2D eigenvalue weighted by atomic mass is 10.0. The standard InChI is InChI=1S/C12H19NO4/c1-8(2)11(12(15)16-3)13-6-9-4-5-10(7-14)17-9/h4-5,8,11,13-14H,6-7H2,1-3H3/t11-/m0/s1. The molecule has 1 heterocycles. The van der Waals surface area contributed by atoms with Gasteiger partial charge in [0.05, 0.1) is 13.7 Å². The minimum atomic E-state index is -0.359. The van der Waals surface area contributed by atoms with Crippen LogP contribution in [-0.4, -0.2) is 24.2 Å². The zero-order valence-corrected chi connectivity index (χ0v) is 10.4. The summed E-state index contributed by atoms with van der Waals surface area (Å²) in [5.41, 5.74) is 0. The number of nitrogens with one attached hydrogen (secondary N) is 1. The molecule has 1 aromatic heterocycles. The molecule has 0 aromatic carbocycles. The van der Waals surface area contributed by atoms with Crippen molar-refractivity contribution in [2.24, 2.45) is 5.92 Å². The molecular weight excluding hydrogens is 222 g/mol. The molecule has 17 heavy (non-hydrogen) atoms. The molecule has 0 fully saturated rings. The van der Waals surface area contributed by atoms with Crippen LogP contribution in [0, 0.1) is 5.92 Å². The smallest absolute Gasteiger partial charge is 0.323 e. The molecule has 0 aliphatic carbocycles. The van der Waals surface area contributed by atoms with Crippen LogP contribution in [0.5, 0.6) is 0 Å². The van der Waals surface area contributed by atoms with Crippen molar-refractivity contribution in [3.05, 3.63) is 23.7 Å². The van der Waals surface area contributed by atoms with Crippen molar-refractivity contribution in [2.75, 3.05) is 7.11 Å². The molecule has 1 rings (SSSR count). The zero-order chi connectivity index (χ0) is 12.8. The Morgan fingerprint density at radius 3 is 2.59 bits per heavy atom. The molecule has 0 saturated heterocycles. The van der Waals surface area contributed by atoms with Crippen molar-refractivity contribution in [2.45, 2.75) is 33.0 Å². The van der Waals surface area contributed by atoms with Gasteiger partial charge in [0.2, 0.25) is 0 Å². The van der Waals surface area contributed by atoms with Crippen molar-refractivity contribution >= 4 is 5.97 Å². The van der Waals surface area contributed by atoms with E-state index in [9.17, 15) is 4.79 Å². The molecule has 96 valence electrons. The van der Waals surface area contributed by atoms with Crippen molar-refractivity contribution in [3.63, 3.8) is 0 Å². The van der Waals surface area contributed by atoms with E-state index in [1.807, 2.05) is 13.8 Å². The molecule has 0 aliphatic heterocycles. The zero-order valence-electron chi connectivity index (χ0n) is 10.4. The summed E-state index contributed by atoms with van der Waals surface area (Å²) in [5.74, 6) is 1.05. The number of methoxy groups -OCH3 is 1. The summed E-state index contributed by atoms with van der Waals surface area (Å²) in [6.07, 6.45) is 0. The highest BCUT2D eigenvalue weighted by atomic mass is 16.5. The first kappa shape index (κ1) is 13.7. The lowest BCUT2D eigenvalue weighted by Crippen LogP contribution is -2.41. The molecular formula is C12H19NO4. The van der Waals surface area contributed by atoms with Crippen molar-refractivity contribution < 1.29 is 19.1 Å². The van der Waals surface area contributed by atoms with Crippen LogP contribution < -0.4 is 5.32 Å². The highest BCUT2D eigenvalue weighted by Crippen LogP contribution is 2.09. The molecule has 5 nitrogen and oxygen atoms in total. The molecule has 0 bridgehead atoms. The SMILES string of the molecule is COC(=O)[C@@H](NCc1ccc(CO)o1)C(C)C. The first-order valence-corrected chi connectivity index (χ1v) is 5.58. The maximum Gasteiger partial charge on any atom is 0.323 e. The van der Waals surface area contributed by atoms with Crippen molar-refractivity contribution in [1.82, 2.24) is 5.32 Å². The number of hydrogen-bond acceptors (Lipinski definition) is 5. The first-order valence-electron chi connectivity index (χ1n) is 5.58. The Kier molecular flexibility index (Phi) is 5.18. The molecule has 0 spiro atoms. The Labute approximate surface area is 101 Å². The van der Waals surface area contributed by atoms with Gasteiger partial charge in [0.15, 0.2) is 0 Å². The normalized spacial score (nSPS) is 12.8. The van der Waals surface area contributed by atoms with E-state index in [-0.39, 0.29) is 24.5 Å². The van der Waals surface area contributed by atoms with Gasteiger partial charge in [-0.3, -0.25) is 10.1 Å².